The lowest BCUT2D eigenvalue weighted by Crippen LogP contribution is -2.59. The number of carbonyl (C=O) groups excluding carboxylic acids is 1. The number of thioether (sulfide) groups is 1. The van der Waals surface area contributed by atoms with Crippen molar-refractivity contribution in [2.75, 3.05) is 27.9 Å². The highest BCUT2D eigenvalue weighted by atomic mass is 127. The lowest BCUT2D eigenvalue weighted by Gasteiger charge is -2.40. The van der Waals surface area contributed by atoms with E-state index in [0.717, 1.165) is 11.8 Å². The van der Waals surface area contributed by atoms with E-state index in [0.29, 0.717) is 27.7 Å². The summed E-state index contributed by atoms with van der Waals surface area (Å²) in [4.78, 5) is 13.4. The topological polar surface area (TPSA) is 133 Å². The van der Waals surface area contributed by atoms with Gasteiger partial charge in [0, 0.05) is 13.7 Å². The van der Waals surface area contributed by atoms with Crippen LogP contribution in [0.1, 0.15) is 36.2 Å². The van der Waals surface area contributed by atoms with E-state index in [-0.39, 0.29) is 28.5 Å². The monoisotopic (exact) mass is 628 g/mol. The molecule has 0 amide bonds. The Kier molecular flexibility index (Phi) is 9.93. The largest absolute Gasteiger partial charge is 0.492 e. The van der Waals surface area contributed by atoms with Crippen LogP contribution in [0.4, 0.5) is 0 Å². The Hall–Kier alpha value is -0.870. The molecule has 0 saturated carbocycles. The normalized spacial score (nSPS) is 33.3. The number of methoxy groups -OCH3 is 3. The van der Waals surface area contributed by atoms with Gasteiger partial charge < -0.3 is 43.7 Å². The molecule has 198 valence electrons. The average Bonchev–Trinajstić information content (AvgIpc) is 2.82. The Morgan fingerprint density at radius 1 is 1.03 bits per heavy atom. The summed E-state index contributed by atoms with van der Waals surface area (Å²) in [5, 5.41) is 30.7. The third kappa shape index (κ3) is 5.69. The third-order valence-electron chi connectivity index (χ3n) is 6.32. The summed E-state index contributed by atoms with van der Waals surface area (Å²) < 4.78 is 34.4. The smallest absolute Gasteiger partial charge is 0.229 e. The van der Waals surface area contributed by atoms with Crippen molar-refractivity contribution in [3.63, 3.8) is 0 Å². The summed E-state index contributed by atoms with van der Waals surface area (Å²) in [6.07, 6.45) is -5.58. The molecule has 0 radical (unpaired) electrons. The van der Waals surface area contributed by atoms with Crippen molar-refractivity contribution in [3.8, 4) is 17.2 Å². The minimum absolute atomic E-state index is 0.156. The zero-order valence-electron chi connectivity index (χ0n) is 20.5. The molecule has 1 aromatic rings. The predicted octanol–water partition coefficient (Wildman–Crippen LogP) is 1.89. The first-order valence-corrected chi connectivity index (χ1v) is 13.2. The van der Waals surface area contributed by atoms with E-state index < -0.39 is 42.1 Å². The fraction of sp³-hybridized carbons (Fsp3) is 0.696. The highest BCUT2D eigenvalue weighted by Gasteiger charge is 2.45. The van der Waals surface area contributed by atoms with Crippen LogP contribution >= 0.6 is 34.4 Å². The van der Waals surface area contributed by atoms with Gasteiger partial charge in [-0.15, -0.1) is 0 Å². The van der Waals surface area contributed by atoms with Gasteiger partial charge in [-0.1, -0.05) is 11.8 Å². The molecule has 8 atom stereocenters. The maximum Gasteiger partial charge on any atom is 0.229 e. The Balaban J connectivity index is 1.98. The molecule has 35 heavy (non-hydrogen) atoms. The Labute approximate surface area is 222 Å². The molecule has 2 heterocycles. The molecule has 1 aromatic carbocycles. The second kappa shape index (κ2) is 12.1. The van der Waals surface area contributed by atoms with Gasteiger partial charge in [-0.2, -0.15) is 0 Å². The van der Waals surface area contributed by atoms with E-state index in [2.05, 4.69) is 0 Å². The van der Waals surface area contributed by atoms with E-state index in [4.69, 9.17) is 28.4 Å². The van der Waals surface area contributed by atoms with E-state index in [1.54, 1.807) is 13.8 Å². The van der Waals surface area contributed by atoms with E-state index >= 15 is 0 Å². The number of halogens is 1. The molecule has 3 rings (SSSR count). The number of ether oxygens (including phenoxy) is 6. The van der Waals surface area contributed by atoms with Crippen molar-refractivity contribution < 1.29 is 48.5 Å². The molecule has 2 aliphatic rings. The lowest BCUT2D eigenvalue weighted by atomic mass is 9.99. The highest BCUT2D eigenvalue weighted by molar-refractivity contribution is 14.1. The van der Waals surface area contributed by atoms with Crippen LogP contribution in [-0.4, -0.2) is 96.5 Å². The minimum Gasteiger partial charge on any atom is -0.492 e. The van der Waals surface area contributed by atoms with Crippen molar-refractivity contribution in [3.05, 3.63) is 14.7 Å². The quantitative estimate of drug-likeness (QED) is 0.383. The van der Waals surface area contributed by atoms with Gasteiger partial charge in [-0.25, -0.2) is 0 Å². The molecular weight excluding hydrogens is 595 g/mol. The van der Waals surface area contributed by atoms with E-state index in [9.17, 15) is 20.1 Å². The highest BCUT2D eigenvalue weighted by Crippen LogP contribution is 2.48. The molecule has 3 N–H and O–H groups in total. The molecule has 0 bridgehead atoms. The van der Waals surface area contributed by atoms with Gasteiger partial charge in [-0.3, -0.25) is 4.79 Å². The zero-order valence-corrected chi connectivity index (χ0v) is 23.5. The molecule has 0 unspecified atom stereocenters. The molecule has 12 heteroatoms. The molecule has 10 nitrogen and oxygen atoms in total. The number of rotatable bonds is 7. The maximum absolute atomic E-state index is 13.4. The number of carbonyl (C=O) groups is 1. The van der Waals surface area contributed by atoms with Crippen LogP contribution in [0.2, 0.25) is 0 Å². The van der Waals surface area contributed by atoms with Crippen LogP contribution in [0.15, 0.2) is 0 Å². The summed E-state index contributed by atoms with van der Waals surface area (Å²) >= 11 is 3.04. The summed E-state index contributed by atoms with van der Waals surface area (Å²) in [5.74, 6) is 0.544. The minimum atomic E-state index is -1.29. The van der Waals surface area contributed by atoms with Crippen molar-refractivity contribution in [2.45, 2.75) is 75.4 Å². The third-order valence-corrected chi connectivity index (χ3v) is 9.01. The van der Waals surface area contributed by atoms with E-state index in [1.807, 2.05) is 29.5 Å². The number of aliphatic hydroxyl groups is 3. The van der Waals surface area contributed by atoms with Crippen LogP contribution in [0, 0.1) is 10.5 Å². The molecule has 0 spiro atoms. The summed E-state index contributed by atoms with van der Waals surface area (Å²) in [7, 11) is 4.22. The second-order valence-electron chi connectivity index (χ2n) is 8.52. The number of aliphatic hydroxyl groups excluding tert-OH is 3. The van der Waals surface area contributed by atoms with Gasteiger partial charge in [0.15, 0.2) is 11.5 Å². The first-order chi connectivity index (χ1) is 16.6. The zero-order chi connectivity index (χ0) is 26.0. The van der Waals surface area contributed by atoms with Gasteiger partial charge in [0.25, 0.3) is 0 Å². The van der Waals surface area contributed by atoms with Crippen LogP contribution < -0.4 is 14.2 Å². The molecular formula is C23H33IO10S. The van der Waals surface area contributed by atoms with Crippen molar-refractivity contribution >= 4 is 39.5 Å². The van der Waals surface area contributed by atoms with Gasteiger partial charge >= 0.3 is 0 Å². The molecule has 2 saturated heterocycles. The van der Waals surface area contributed by atoms with Gasteiger partial charge in [-0.05, 0) is 55.3 Å². The Morgan fingerprint density at radius 3 is 2.26 bits per heavy atom. The number of benzene rings is 1. The standard InChI is InChI=1S/C23H33IO10S/c1-9-13(22(28)35-21-11(3)32-8-7-12(21)25)17(29-4)20(31-6)18(14(9)24)34-23-16(27)19(30-5)15(26)10(2)33-23/h10-12,15-16,19,21,23,25-27H,7-8H2,1-6H3/t10-,11+,12-,15-,16+,19+,21+,23-/m0/s1. The Bertz CT molecular complexity index is 905. The average molecular weight is 628 g/mol. The second-order valence-corrected chi connectivity index (χ2v) is 10.7. The van der Waals surface area contributed by atoms with Crippen molar-refractivity contribution in [2.24, 2.45) is 0 Å². The fourth-order valence-corrected chi connectivity index (χ4v) is 6.11. The van der Waals surface area contributed by atoms with Crippen LogP contribution in [0.5, 0.6) is 17.2 Å². The van der Waals surface area contributed by atoms with Crippen LogP contribution in [0.25, 0.3) is 0 Å². The van der Waals surface area contributed by atoms with Gasteiger partial charge in [0.1, 0.15) is 18.3 Å². The summed E-state index contributed by atoms with van der Waals surface area (Å²) in [6, 6.07) is 0. The molecule has 0 aliphatic carbocycles. The van der Waals surface area contributed by atoms with Gasteiger partial charge in [0.05, 0.1) is 46.9 Å². The first-order valence-electron chi connectivity index (χ1n) is 11.2. The molecule has 0 aromatic heterocycles. The lowest BCUT2D eigenvalue weighted by molar-refractivity contribution is -0.273. The molecule has 2 aliphatic heterocycles. The van der Waals surface area contributed by atoms with Crippen molar-refractivity contribution in [1.29, 1.82) is 0 Å². The first kappa shape index (κ1) is 28.7. The summed E-state index contributed by atoms with van der Waals surface area (Å²) in [5.41, 5.74) is 0.871. The van der Waals surface area contributed by atoms with E-state index in [1.165, 1.54) is 21.3 Å². The molecule has 2 fully saturated rings. The van der Waals surface area contributed by atoms with Crippen molar-refractivity contribution in [1.82, 2.24) is 0 Å². The van der Waals surface area contributed by atoms with Gasteiger partial charge in [0.2, 0.25) is 17.2 Å². The van der Waals surface area contributed by atoms with Crippen LogP contribution in [0.3, 0.4) is 0 Å². The maximum atomic E-state index is 13.4. The number of hydrogen-bond donors (Lipinski definition) is 3. The SMILES string of the molecule is COc1c(O[C@@H]2O[C@@H](C)[C@H](O)[C@@H](OC)[C@H]2O)c(I)c(C)c(C(=O)S[C@H]2[C@@H](O)CCO[C@@H]2C)c1OC. The summed E-state index contributed by atoms with van der Waals surface area (Å²) in [6.45, 7) is 5.68. The fourth-order valence-electron chi connectivity index (χ4n) is 4.29. The predicted molar refractivity (Wildman–Crippen MR) is 137 cm³/mol. The Morgan fingerprint density at radius 2 is 1.69 bits per heavy atom. The van der Waals surface area contributed by atoms with Crippen LogP contribution in [-0.2, 0) is 14.2 Å². The number of hydrogen-bond acceptors (Lipinski definition) is 11.